The first-order valence-corrected chi connectivity index (χ1v) is 11.0. The van der Waals surface area contributed by atoms with E-state index in [1.165, 1.54) is 29.2 Å². The minimum atomic E-state index is -2.95. The van der Waals surface area contributed by atoms with Crippen molar-refractivity contribution in [1.29, 1.82) is 0 Å². The molecule has 33 heavy (non-hydrogen) atoms. The molecule has 0 saturated carbocycles. The fourth-order valence-electron chi connectivity index (χ4n) is 2.95. The average molecular weight is 476 g/mol. The molecule has 2 amide bonds. The normalized spacial score (nSPS) is 14.8. The van der Waals surface area contributed by atoms with Crippen LogP contribution in [0, 0.1) is 0 Å². The van der Waals surface area contributed by atoms with E-state index in [0.717, 1.165) is 17.3 Å². The minimum absolute atomic E-state index is 0.0192. The van der Waals surface area contributed by atoms with E-state index in [2.05, 4.69) is 15.0 Å². The predicted molar refractivity (Wildman–Crippen MR) is 125 cm³/mol. The highest BCUT2D eigenvalue weighted by Gasteiger charge is 2.32. The number of ether oxygens (including phenoxy) is 2. The number of amidine groups is 1. The highest BCUT2D eigenvalue weighted by atomic mass is 32.2. The molecule has 3 rings (SSSR count). The Kier molecular flexibility index (Phi) is 8.05. The van der Waals surface area contributed by atoms with Gasteiger partial charge in [-0.25, -0.2) is 4.99 Å². The molecule has 1 aliphatic rings. The summed E-state index contributed by atoms with van der Waals surface area (Å²) < 4.78 is 34.4. The Morgan fingerprint density at radius 2 is 1.76 bits per heavy atom. The molecule has 0 aliphatic carbocycles. The Morgan fingerprint density at radius 1 is 1.12 bits per heavy atom. The van der Waals surface area contributed by atoms with Crippen LogP contribution in [-0.2, 0) is 9.59 Å². The molecule has 1 heterocycles. The number of hydrogen-bond donors (Lipinski definition) is 1. The van der Waals surface area contributed by atoms with Gasteiger partial charge < -0.3 is 14.8 Å². The number of nitrogens with one attached hydrogen (secondary N) is 1. The molecule has 0 fully saturated rings. The Balaban J connectivity index is 1.88. The van der Waals surface area contributed by atoms with E-state index in [-0.39, 0.29) is 29.1 Å². The molecule has 0 atom stereocenters. The van der Waals surface area contributed by atoms with E-state index in [0.29, 0.717) is 16.6 Å². The third-order valence-electron chi connectivity index (χ3n) is 4.35. The zero-order valence-corrected chi connectivity index (χ0v) is 19.1. The summed E-state index contributed by atoms with van der Waals surface area (Å²) in [6.45, 7) is 0.754. The molecule has 2 aromatic carbocycles. The molecule has 0 spiro atoms. The molecule has 0 aromatic heterocycles. The van der Waals surface area contributed by atoms with Crippen LogP contribution in [0.4, 0.5) is 14.5 Å². The second-order valence-corrected chi connectivity index (χ2v) is 8.16. The van der Waals surface area contributed by atoms with Gasteiger partial charge in [0.15, 0.2) is 5.17 Å². The Labute approximate surface area is 194 Å². The standard InChI is InChI=1S/C23H23F2N3O4S/c1-14(2)26-20(29)13-33-23-27-19(12-15-4-8-17(31-3)9-5-15)21(30)28(23)16-6-10-18(11-7-16)32-22(24)25/h4-12,14,22H,13H2,1-3H3,(H,26,29)/b19-12-. The van der Waals surface area contributed by atoms with Crippen LogP contribution >= 0.6 is 11.8 Å². The van der Waals surface area contributed by atoms with Crippen LogP contribution < -0.4 is 19.7 Å². The molecule has 0 unspecified atom stereocenters. The van der Waals surface area contributed by atoms with Gasteiger partial charge in [-0.2, -0.15) is 8.78 Å². The summed E-state index contributed by atoms with van der Waals surface area (Å²) in [5.74, 6) is 0.109. The predicted octanol–water partition coefficient (Wildman–Crippen LogP) is 4.30. The molecule has 1 aliphatic heterocycles. The first-order valence-electron chi connectivity index (χ1n) is 10.0. The minimum Gasteiger partial charge on any atom is -0.497 e. The zero-order valence-electron chi connectivity index (χ0n) is 18.2. The van der Waals surface area contributed by atoms with Crippen LogP contribution in [0.2, 0.25) is 0 Å². The van der Waals surface area contributed by atoms with Crippen molar-refractivity contribution in [2.24, 2.45) is 4.99 Å². The van der Waals surface area contributed by atoms with E-state index in [1.54, 1.807) is 37.5 Å². The fraction of sp³-hybridized carbons (Fsp3) is 0.261. The van der Waals surface area contributed by atoms with Gasteiger partial charge in [0.1, 0.15) is 17.2 Å². The number of alkyl halides is 2. The maximum atomic E-state index is 13.2. The maximum absolute atomic E-state index is 13.2. The number of methoxy groups -OCH3 is 1. The van der Waals surface area contributed by atoms with Crippen molar-refractivity contribution in [1.82, 2.24) is 5.32 Å². The van der Waals surface area contributed by atoms with E-state index in [4.69, 9.17) is 4.74 Å². The highest BCUT2D eigenvalue weighted by molar-refractivity contribution is 8.14. The summed E-state index contributed by atoms with van der Waals surface area (Å²) in [5.41, 5.74) is 1.34. The van der Waals surface area contributed by atoms with Crippen LogP contribution in [-0.4, -0.2) is 42.5 Å². The van der Waals surface area contributed by atoms with Gasteiger partial charge in [0.05, 0.1) is 18.6 Å². The number of halogens is 2. The lowest BCUT2D eigenvalue weighted by Crippen LogP contribution is -2.34. The summed E-state index contributed by atoms with van der Waals surface area (Å²) in [4.78, 5) is 31.1. The van der Waals surface area contributed by atoms with Gasteiger partial charge in [0.25, 0.3) is 5.91 Å². The molecule has 174 valence electrons. The maximum Gasteiger partial charge on any atom is 0.387 e. The van der Waals surface area contributed by atoms with Crippen molar-refractivity contribution in [2.45, 2.75) is 26.5 Å². The molecule has 7 nitrogen and oxygen atoms in total. The lowest BCUT2D eigenvalue weighted by molar-refractivity contribution is -0.119. The molecule has 1 N–H and O–H groups in total. The fourth-order valence-corrected chi connectivity index (χ4v) is 3.77. The molecule has 0 saturated heterocycles. The van der Waals surface area contributed by atoms with Crippen molar-refractivity contribution >= 4 is 40.5 Å². The van der Waals surface area contributed by atoms with Crippen molar-refractivity contribution in [2.75, 3.05) is 17.8 Å². The summed E-state index contributed by atoms with van der Waals surface area (Å²) in [7, 11) is 1.56. The summed E-state index contributed by atoms with van der Waals surface area (Å²) >= 11 is 1.11. The third kappa shape index (κ3) is 6.55. The largest absolute Gasteiger partial charge is 0.497 e. The molecule has 10 heteroatoms. The second kappa shape index (κ2) is 11.0. The van der Waals surface area contributed by atoms with Crippen LogP contribution in [0.1, 0.15) is 19.4 Å². The highest BCUT2D eigenvalue weighted by Crippen LogP contribution is 2.31. The smallest absolute Gasteiger partial charge is 0.387 e. The van der Waals surface area contributed by atoms with Crippen LogP contribution in [0.15, 0.2) is 59.2 Å². The van der Waals surface area contributed by atoms with Crippen molar-refractivity contribution in [3.05, 3.63) is 59.8 Å². The zero-order chi connectivity index (χ0) is 24.0. The van der Waals surface area contributed by atoms with Gasteiger partial charge in [-0.3, -0.25) is 14.5 Å². The molecule has 0 radical (unpaired) electrons. The van der Waals surface area contributed by atoms with E-state index < -0.39 is 12.5 Å². The number of benzene rings is 2. The van der Waals surface area contributed by atoms with Gasteiger partial charge in [-0.05, 0) is 61.9 Å². The van der Waals surface area contributed by atoms with E-state index in [1.807, 2.05) is 13.8 Å². The number of aliphatic imine (C=N–C) groups is 1. The van der Waals surface area contributed by atoms with E-state index in [9.17, 15) is 18.4 Å². The lowest BCUT2D eigenvalue weighted by Gasteiger charge is -2.18. The SMILES string of the molecule is COc1ccc(/C=C2\N=C(SCC(=O)NC(C)C)N(c3ccc(OC(F)F)cc3)C2=O)cc1. The summed E-state index contributed by atoms with van der Waals surface area (Å²) in [6, 6.07) is 12.7. The van der Waals surface area contributed by atoms with Gasteiger partial charge in [0, 0.05) is 6.04 Å². The Hall–Kier alpha value is -3.40. The van der Waals surface area contributed by atoms with Crippen LogP contribution in [0.25, 0.3) is 6.08 Å². The molecule has 2 aromatic rings. The monoisotopic (exact) mass is 475 g/mol. The van der Waals surface area contributed by atoms with Crippen molar-refractivity contribution in [3.8, 4) is 11.5 Å². The number of carbonyl (C=O) groups is 2. The first kappa shape index (κ1) is 24.2. The number of thioether (sulfide) groups is 1. The molecule has 0 bridgehead atoms. The quantitative estimate of drug-likeness (QED) is 0.576. The summed E-state index contributed by atoms with van der Waals surface area (Å²) in [5, 5.41) is 3.09. The van der Waals surface area contributed by atoms with Crippen molar-refractivity contribution < 1.29 is 27.8 Å². The van der Waals surface area contributed by atoms with Crippen LogP contribution in [0.3, 0.4) is 0 Å². The Bertz CT molecular complexity index is 1050. The van der Waals surface area contributed by atoms with E-state index >= 15 is 0 Å². The molecular weight excluding hydrogens is 452 g/mol. The van der Waals surface area contributed by atoms with Gasteiger partial charge in [0.2, 0.25) is 5.91 Å². The van der Waals surface area contributed by atoms with Gasteiger partial charge >= 0.3 is 6.61 Å². The second-order valence-electron chi connectivity index (χ2n) is 7.22. The third-order valence-corrected chi connectivity index (χ3v) is 5.29. The number of rotatable bonds is 8. The number of anilines is 1. The average Bonchev–Trinajstić information content (AvgIpc) is 3.07. The number of amides is 2. The topological polar surface area (TPSA) is 80.2 Å². The number of hydrogen-bond acceptors (Lipinski definition) is 6. The number of nitrogens with zero attached hydrogens (tertiary/aromatic N) is 2. The van der Waals surface area contributed by atoms with Gasteiger partial charge in [-0.15, -0.1) is 0 Å². The van der Waals surface area contributed by atoms with Gasteiger partial charge in [-0.1, -0.05) is 23.9 Å². The number of carbonyl (C=O) groups excluding carboxylic acids is 2. The first-order chi connectivity index (χ1) is 15.8. The lowest BCUT2D eigenvalue weighted by atomic mass is 10.2. The Morgan fingerprint density at radius 3 is 2.33 bits per heavy atom. The molecular formula is C23H23F2N3O4S. The van der Waals surface area contributed by atoms with Crippen molar-refractivity contribution in [3.63, 3.8) is 0 Å². The van der Waals surface area contributed by atoms with Crippen LogP contribution in [0.5, 0.6) is 11.5 Å². The summed E-state index contributed by atoms with van der Waals surface area (Å²) in [6.07, 6.45) is 1.63.